The van der Waals surface area contributed by atoms with E-state index < -0.39 is 6.03 Å². The standard InChI is InChI=1S/C16H21N7O3/c17-15-13(8-20-23(15)4-5-24)21-11-2-1-10(7-12(11)22-16(18)25)14-9-19-3-6-26-14/h1-2,7-8,19,24H,3-6,9,17H2,(H3,18,22,25). The van der Waals surface area contributed by atoms with E-state index >= 15 is 0 Å². The van der Waals surface area contributed by atoms with Crippen LogP contribution in [0.2, 0.25) is 0 Å². The van der Waals surface area contributed by atoms with Crippen LogP contribution in [0.5, 0.6) is 0 Å². The molecule has 2 amide bonds. The molecule has 0 saturated carbocycles. The minimum atomic E-state index is -0.699. The third kappa shape index (κ3) is 3.92. The number of anilines is 1. The van der Waals surface area contributed by atoms with E-state index in [9.17, 15) is 4.79 Å². The number of hydrogen-bond acceptors (Lipinski definition) is 7. The van der Waals surface area contributed by atoms with Gasteiger partial charge in [-0.2, -0.15) is 5.10 Å². The fourth-order valence-corrected chi connectivity index (χ4v) is 2.60. The zero-order valence-electron chi connectivity index (χ0n) is 14.1. The molecule has 0 bridgehead atoms. The van der Waals surface area contributed by atoms with Crippen molar-refractivity contribution < 1.29 is 14.6 Å². The highest BCUT2D eigenvalue weighted by molar-refractivity contribution is 6.13. The Morgan fingerprint density at radius 3 is 3.04 bits per heavy atom. The van der Waals surface area contributed by atoms with Gasteiger partial charge in [-0.3, -0.25) is 0 Å². The number of aliphatic hydroxyl groups is 1. The summed E-state index contributed by atoms with van der Waals surface area (Å²) < 4.78 is 7.10. The summed E-state index contributed by atoms with van der Waals surface area (Å²) in [6, 6.07) is -0.699. The quantitative estimate of drug-likeness (QED) is 0.490. The Kier molecular flexibility index (Phi) is 5.34. The van der Waals surface area contributed by atoms with Gasteiger partial charge in [0.05, 0.1) is 37.3 Å². The number of urea groups is 1. The van der Waals surface area contributed by atoms with Crippen LogP contribution in [-0.2, 0) is 11.3 Å². The molecule has 1 aromatic rings. The number of rotatable bonds is 4. The number of aliphatic hydroxyl groups excluding tert-OH is 1. The fraction of sp³-hybridized carbons (Fsp3) is 0.312. The summed E-state index contributed by atoms with van der Waals surface area (Å²) in [7, 11) is 0. The summed E-state index contributed by atoms with van der Waals surface area (Å²) in [5.41, 5.74) is 13.4. The lowest BCUT2D eigenvalue weighted by Gasteiger charge is -2.21. The Hall–Kier alpha value is -3.11. The number of nitrogens with one attached hydrogen (secondary N) is 2. The molecule has 0 unspecified atom stereocenters. The summed E-state index contributed by atoms with van der Waals surface area (Å²) in [4.78, 5) is 15.8. The van der Waals surface area contributed by atoms with E-state index in [-0.39, 0.29) is 13.2 Å². The van der Waals surface area contributed by atoms with Gasteiger partial charge in [0.1, 0.15) is 23.9 Å². The van der Waals surface area contributed by atoms with Gasteiger partial charge in [-0.05, 0) is 18.2 Å². The molecular weight excluding hydrogens is 338 g/mol. The van der Waals surface area contributed by atoms with Crippen molar-refractivity contribution in [3.63, 3.8) is 0 Å². The van der Waals surface area contributed by atoms with Crippen molar-refractivity contribution in [1.29, 1.82) is 0 Å². The number of aliphatic imine (C=N–C) groups is 1. The normalized spacial score (nSPS) is 21.4. The van der Waals surface area contributed by atoms with Crippen LogP contribution in [0, 0.1) is 0 Å². The van der Waals surface area contributed by atoms with Gasteiger partial charge in [-0.1, -0.05) is 0 Å². The third-order valence-corrected chi connectivity index (χ3v) is 3.83. The number of nitrogen functional groups attached to an aromatic ring is 1. The summed E-state index contributed by atoms with van der Waals surface area (Å²) in [5.74, 6) is 1.10. The second kappa shape index (κ2) is 7.85. The molecule has 3 rings (SSSR count). The van der Waals surface area contributed by atoms with Crippen LogP contribution in [0.3, 0.4) is 0 Å². The second-order valence-corrected chi connectivity index (χ2v) is 5.64. The SMILES string of the molecule is NC(=O)NC1=CC(=C2CNCCO2)C=CC1=Nc1cnn(CCO)c1N. The lowest BCUT2D eigenvalue weighted by atomic mass is 10.0. The monoisotopic (exact) mass is 359 g/mol. The molecule has 0 radical (unpaired) electrons. The number of carbonyl (C=O) groups excluding carboxylic acids is 1. The van der Waals surface area contributed by atoms with Gasteiger partial charge in [0.15, 0.2) is 0 Å². The first-order chi connectivity index (χ1) is 12.6. The molecule has 1 aliphatic heterocycles. The van der Waals surface area contributed by atoms with Gasteiger partial charge in [0.2, 0.25) is 0 Å². The molecule has 0 spiro atoms. The van der Waals surface area contributed by atoms with Gasteiger partial charge in [0, 0.05) is 12.1 Å². The van der Waals surface area contributed by atoms with Crippen LogP contribution in [0.1, 0.15) is 0 Å². The molecule has 0 aromatic carbocycles. The predicted molar refractivity (Wildman–Crippen MR) is 96.6 cm³/mol. The minimum absolute atomic E-state index is 0.0822. The molecule has 1 aromatic heterocycles. The fourth-order valence-electron chi connectivity index (χ4n) is 2.60. The Bertz CT molecular complexity index is 812. The molecule has 1 aliphatic carbocycles. The zero-order chi connectivity index (χ0) is 18.5. The number of amides is 2. The van der Waals surface area contributed by atoms with Crippen LogP contribution in [0.25, 0.3) is 0 Å². The third-order valence-electron chi connectivity index (χ3n) is 3.83. The van der Waals surface area contributed by atoms with Crippen molar-refractivity contribution in [1.82, 2.24) is 20.4 Å². The molecule has 138 valence electrons. The Morgan fingerprint density at radius 2 is 2.35 bits per heavy atom. The minimum Gasteiger partial charge on any atom is -0.495 e. The molecule has 1 fully saturated rings. The zero-order valence-corrected chi connectivity index (χ0v) is 14.1. The average Bonchev–Trinajstić information content (AvgIpc) is 2.97. The van der Waals surface area contributed by atoms with Gasteiger partial charge in [-0.25, -0.2) is 14.5 Å². The van der Waals surface area contributed by atoms with Gasteiger partial charge < -0.3 is 31.9 Å². The van der Waals surface area contributed by atoms with Crippen LogP contribution < -0.4 is 22.1 Å². The van der Waals surface area contributed by atoms with Crippen LogP contribution in [0.4, 0.5) is 16.3 Å². The van der Waals surface area contributed by atoms with Crippen molar-refractivity contribution >= 4 is 23.2 Å². The first kappa shape index (κ1) is 17.7. The number of hydrogen-bond donors (Lipinski definition) is 5. The summed E-state index contributed by atoms with van der Waals surface area (Å²) in [6.07, 6.45) is 6.84. The van der Waals surface area contributed by atoms with Crippen LogP contribution in [0.15, 0.2) is 46.4 Å². The van der Waals surface area contributed by atoms with E-state index in [1.54, 1.807) is 12.2 Å². The molecule has 0 atom stereocenters. The molecule has 7 N–H and O–H groups in total. The van der Waals surface area contributed by atoms with E-state index in [0.717, 1.165) is 17.9 Å². The van der Waals surface area contributed by atoms with Gasteiger partial charge >= 0.3 is 6.03 Å². The maximum absolute atomic E-state index is 11.4. The van der Waals surface area contributed by atoms with Gasteiger partial charge in [0.25, 0.3) is 0 Å². The summed E-state index contributed by atoms with van der Waals surface area (Å²) >= 11 is 0. The Labute approximate surface area is 149 Å². The smallest absolute Gasteiger partial charge is 0.316 e. The highest BCUT2D eigenvalue weighted by Crippen LogP contribution is 2.25. The molecule has 2 heterocycles. The molecule has 10 heteroatoms. The van der Waals surface area contributed by atoms with E-state index in [0.29, 0.717) is 36.1 Å². The first-order valence-corrected chi connectivity index (χ1v) is 8.12. The average molecular weight is 359 g/mol. The molecule has 10 nitrogen and oxygen atoms in total. The van der Waals surface area contributed by atoms with E-state index in [4.69, 9.17) is 21.3 Å². The van der Waals surface area contributed by atoms with Crippen LogP contribution in [-0.4, -0.2) is 52.9 Å². The van der Waals surface area contributed by atoms with Crippen molar-refractivity contribution in [2.24, 2.45) is 10.7 Å². The molecule has 1 saturated heterocycles. The van der Waals surface area contributed by atoms with Crippen molar-refractivity contribution in [2.75, 3.05) is 32.0 Å². The van der Waals surface area contributed by atoms with Gasteiger partial charge in [-0.15, -0.1) is 0 Å². The number of morpholine rings is 1. The number of nitrogens with two attached hydrogens (primary N) is 2. The van der Waals surface area contributed by atoms with Crippen molar-refractivity contribution in [2.45, 2.75) is 6.54 Å². The molecule has 2 aliphatic rings. The number of carbonyl (C=O) groups is 1. The van der Waals surface area contributed by atoms with Crippen molar-refractivity contribution in [3.8, 4) is 0 Å². The lowest BCUT2D eigenvalue weighted by molar-refractivity contribution is 0.176. The van der Waals surface area contributed by atoms with Crippen LogP contribution >= 0.6 is 0 Å². The van der Waals surface area contributed by atoms with E-state index in [1.807, 2.05) is 6.08 Å². The molecule has 26 heavy (non-hydrogen) atoms. The lowest BCUT2D eigenvalue weighted by Crippen LogP contribution is -2.33. The van der Waals surface area contributed by atoms with Crippen molar-refractivity contribution in [3.05, 3.63) is 41.5 Å². The number of allylic oxidation sites excluding steroid dienone is 4. The number of primary amides is 1. The number of nitrogens with zero attached hydrogens (tertiary/aromatic N) is 3. The Morgan fingerprint density at radius 1 is 1.50 bits per heavy atom. The number of ether oxygens (including phenoxy) is 1. The summed E-state index contributed by atoms with van der Waals surface area (Å²) in [5, 5.41) is 18.9. The topological polar surface area (TPSA) is 153 Å². The summed E-state index contributed by atoms with van der Waals surface area (Å²) in [6.45, 7) is 2.17. The highest BCUT2D eigenvalue weighted by Gasteiger charge is 2.17. The molecular formula is C16H21N7O3. The first-order valence-electron chi connectivity index (χ1n) is 8.12. The maximum atomic E-state index is 11.4. The largest absolute Gasteiger partial charge is 0.495 e. The Balaban J connectivity index is 1.94. The van der Waals surface area contributed by atoms with E-state index in [1.165, 1.54) is 10.9 Å². The maximum Gasteiger partial charge on any atom is 0.316 e. The predicted octanol–water partition coefficient (Wildman–Crippen LogP) is -0.474. The highest BCUT2D eigenvalue weighted by atomic mass is 16.5. The number of aromatic nitrogens is 2. The second-order valence-electron chi connectivity index (χ2n) is 5.64. The van der Waals surface area contributed by atoms with E-state index in [2.05, 4.69) is 20.7 Å².